The van der Waals surface area contributed by atoms with Gasteiger partial charge in [0.2, 0.25) is 5.91 Å². The SMILES string of the molecule is NC(=O)C1(NCc2ccccc2)CCN(C2CCCCC2c2ccccc2)CC1. The van der Waals surface area contributed by atoms with E-state index >= 15 is 0 Å². The molecule has 0 spiro atoms. The maximum atomic E-state index is 12.4. The second kappa shape index (κ2) is 9.10. The summed E-state index contributed by atoms with van der Waals surface area (Å²) in [6.07, 6.45) is 6.70. The van der Waals surface area contributed by atoms with Crippen molar-refractivity contribution >= 4 is 5.91 Å². The number of carbonyl (C=O) groups excluding carboxylic acids is 1. The predicted octanol–water partition coefficient (Wildman–Crippen LogP) is 3.82. The van der Waals surface area contributed by atoms with Crippen molar-refractivity contribution in [2.45, 2.75) is 62.6 Å². The molecule has 0 radical (unpaired) electrons. The van der Waals surface area contributed by atoms with Crippen molar-refractivity contribution in [2.75, 3.05) is 13.1 Å². The van der Waals surface area contributed by atoms with E-state index in [-0.39, 0.29) is 5.91 Å². The van der Waals surface area contributed by atoms with E-state index in [1.807, 2.05) is 18.2 Å². The molecule has 3 N–H and O–H groups in total. The van der Waals surface area contributed by atoms with Crippen molar-refractivity contribution in [1.29, 1.82) is 0 Å². The Morgan fingerprint density at radius 3 is 2.24 bits per heavy atom. The average Bonchev–Trinajstić information content (AvgIpc) is 2.79. The number of likely N-dealkylation sites (tertiary alicyclic amines) is 1. The summed E-state index contributed by atoms with van der Waals surface area (Å²) in [4.78, 5) is 15.0. The van der Waals surface area contributed by atoms with Gasteiger partial charge in [-0.25, -0.2) is 0 Å². The van der Waals surface area contributed by atoms with Gasteiger partial charge in [0, 0.05) is 25.7 Å². The van der Waals surface area contributed by atoms with Gasteiger partial charge in [-0.05, 0) is 42.7 Å². The zero-order valence-electron chi connectivity index (χ0n) is 17.2. The van der Waals surface area contributed by atoms with Crippen molar-refractivity contribution in [3.05, 3.63) is 71.8 Å². The highest BCUT2D eigenvalue weighted by Gasteiger charge is 2.42. The third-order valence-electron chi connectivity index (χ3n) is 7.02. The highest BCUT2D eigenvalue weighted by molar-refractivity contribution is 5.84. The molecule has 4 nitrogen and oxygen atoms in total. The molecule has 1 saturated carbocycles. The molecule has 2 aromatic carbocycles. The first-order chi connectivity index (χ1) is 14.2. The van der Waals surface area contributed by atoms with Crippen LogP contribution < -0.4 is 11.1 Å². The highest BCUT2D eigenvalue weighted by atomic mass is 16.1. The predicted molar refractivity (Wildman–Crippen MR) is 117 cm³/mol. The van der Waals surface area contributed by atoms with Crippen LogP contribution in [0.1, 0.15) is 55.6 Å². The number of nitrogens with zero attached hydrogens (tertiary/aromatic N) is 1. The molecule has 1 saturated heterocycles. The van der Waals surface area contributed by atoms with Gasteiger partial charge in [-0.1, -0.05) is 73.5 Å². The Hall–Kier alpha value is -2.17. The number of hydrogen-bond acceptors (Lipinski definition) is 3. The zero-order chi connectivity index (χ0) is 20.1. The topological polar surface area (TPSA) is 58.4 Å². The number of benzene rings is 2. The minimum absolute atomic E-state index is 0.212. The lowest BCUT2D eigenvalue weighted by molar-refractivity contribution is -0.127. The van der Waals surface area contributed by atoms with Gasteiger partial charge in [0.15, 0.2) is 0 Å². The van der Waals surface area contributed by atoms with Crippen LogP contribution in [0.25, 0.3) is 0 Å². The van der Waals surface area contributed by atoms with E-state index in [0.29, 0.717) is 18.5 Å². The van der Waals surface area contributed by atoms with Gasteiger partial charge in [-0.15, -0.1) is 0 Å². The van der Waals surface area contributed by atoms with Crippen molar-refractivity contribution < 1.29 is 4.79 Å². The molecule has 29 heavy (non-hydrogen) atoms. The Balaban J connectivity index is 1.43. The van der Waals surface area contributed by atoms with Crippen LogP contribution >= 0.6 is 0 Å². The number of hydrogen-bond donors (Lipinski definition) is 2. The summed E-state index contributed by atoms with van der Waals surface area (Å²) in [5.74, 6) is 0.389. The van der Waals surface area contributed by atoms with Crippen molar-refractivity contribution in [3.63, 3.8) is 0 Å². The average molecular weight is 392 g/mol. The van der Waals surface area contributed by atoms with Crippen LogP contribution in [0, 0.1) is 0 Å². The Bertz CT molecular complexity index is 784. The van der Waals surface area contributed by atoms with Crippen LogP contribution in [0.2, 0.25) is 0 Å². The summed E-state index contributed by atoms with van der Waals surface area (Å²) in [5, 5.41) is 3.52. The van der Waals surface area contributed by atoms with Gasteiger partial charge in [-0.3, -0.25) is 15.0 Å². The zero-order valence-corrected chi connectivity index (χ0v) is 17.2. The van der Waals surface area contributed by atoms with Crippen molar-refractivity contribution in [2.24, 2.45) is 5.73 Å². The molecule has 154 valence electrons. The largest absolute Gasteiger partial charge is 0.368 e. The fraction of sp³-hybridized carbons (Fsp3) is 0.480. The molecule has 1 heterocycles. The third-order valence-corrected chi connectivity index (χ3v) is 7.02. The molecule has 1 amide bonds. The number of nitrogens with two attached hydrogens (primary N) is 1. The van der Waals surface area contributed by atoms with E-state index in [0.717, 1.165) is 25.9 Å². The molecule has 4 heteroatoms. The van der Waals surface area contributed by atoms with E-state index in [2.05, 4.69) is 52.7 Å². The Morgan fingerprint density at radius 2 is 1.59 bits per heavy atom. The van der Waals surface area contributed by atoms with Gasteiger partial charge < -0.3 is 5.73 Å². The number of piperidine rings is 1. The molecule has 1 aliphatic heterocycles. The lowest BCUT2D eigenvalue weighted by atomic mass is 9.77. The molecule has 2 aliphatic rings. The summed E-state index contributed by atoms with van der Waals surface area (Å²) >= 11 is 0. The van der Waals surface area contributed by atoms with Gasteiger partial charge in [0.1, 0.15) is 5.54 Å². The minimum atomic E-state index is -0.594. The second-order valence-corrected chi connectivity index (χ2v) is 8.69. The lowest BCUT2D eigenvalue weighted by Crippen LogP contribution is -2.62. The van der Waals surface area contributed by atoms with Crippen LogP contribution in [0.5, 0.6) is 0 Å². The van der Waals surface area contributed by atoms with Crippen LogP contribution in [0.4, 0.5) is 0 Å². The van der Waals surface area contributed by atoms with Gasteiger partial charge in [0.25, 0.3) is 0 Å². The Labute approximate surface area is 174 Å². The van der Waals surface area contributed by atoms with E-state index in [1.165, 1.54) is 36.8 Å². The maximum Gasteiger partial charge on any atom is 0.237 e. The first-order valence-electron chi connectivity index (χ1n) is 11.1. The van der Waals surface area contributed by atoms with E-state index in [4.69, 9.17) is 5.73 Å². The lowest BCUT2D eigenvalue weighted by Gasteiger charge is -2.47. The number of amides is 1. The molecule has 4 rings (SSSR count). The van der Waals surface area contributed by atoms with Gasteiger partial charge >= 0.3 is 0 Å². The van der Waals surface area contributed by atoms with E-state index in [1.54, 1.807) is 0 Å². The Kier molecular flexibility index (Phi) is 6.31. The fourth-order valence-electron chi connectivity index (χ4n) is 5.25. The molecular formula is C25H33N3O. The standard InChI is InChI=1S/C25H33N3O/c26-24(29)25(27-19-20-9-3-1-4-10-20)15-17-28(18-16-25)23-14-8-7-13-22(23)21-11-5-2-6-12-21/h1-6,9-12,22-23,27H,7-8,13-19H2,(H2,26,29). The molecule has 1 aliphatic carbocycles. The quantitative estimate of drug-likeness (QED) is 0.787. The summed E-state index contributed by atoms with van der Waals surface area (Å²) in [5.41, 5.74) is 7.95. The second-order valence-electron chi connectivity index (χ2n) is 8.69. The van der Waals surface area contributed by atoms with Crippen LogP contribution in [-0.4, -0.2) is 35.5 Å². The van der Waals surface area contributed by atoms with E-state index < -0.39 is 5.54 Å². The molecule has 2 fully saturated rings. The monoisotopic (exact) mass is 391 g/mol. The molecular weight excluding hydrogens is 358 g/mol. The van der Waals surface area contributed by atoms with Crippen LogP contribution in [0.3, 0.4) is 0 Å². The van der Waals surface area contributed by atoms with Crippen LogP contribution in [-0.2, 0) is 11.3 Å². The van der Waals surface area contributed by atoms with Crippen molar-refractivity contribution in [3.8, 4) is 0 Å². The number of nitrogens with one attached hydrogen (secondary N) is 1. The molecule has 2 aromatic rings. The normalized spacial score (nSPS) is 24.8. The number of rotatable bonds is 6. The van der Waals surface area contributed by atoms with E-state index in [9.17, 15) is 4.79 Å². The van der Waals surface area contributed by atoms with Gasteiger partial charge in [-0.2, -0.15) is 0 Å². The maximum absolute atomic E-state index is 12.4. The smallest absolute Gasteiger partial charge is 0.237 e. The Morgan fingerprint density at radius 1 is 0.966 bits per heavy atom. The highest BCUT2D eigenvalue weighted by Crippen LogP contribution is 2.38. The summed E-state index contributed by atoms with van der Waals surface area (Å²) in [7, 11) is 0. The summed E-state index contributed by atoms with van der Waals surface area (Å²) in [6.45, 7) is 2.54. The fourth-order valence-corrected chi connectivity index (χ4v) is 5.25. The summed E-state index contributed by atoms with van der Waals surface area (Å²) < 4.78 is 0. The van der Waals surface area contributed by atoms with Crippen LogP contribution in [0.15, 0.2) is 60.7 Å². The minimum Gasteiger partial charge on any atom is -0.368 e. The number of carbonyl (C=O) groups is 1. The molecule has 0 aromatic heterocycles. The summed E-state index contributed by atoms with van der Waals surface area (Å²) in [6, 6.07) is 21.8. The van der Waals surface area contributed by atoms with Crippen molar-refractivity contribution in [1.82, 2.24) is 10.2 Å². The number of primary amides is 1. The molecule has 2 atom stereocenters. The first kappa shape index (κ1) is 20.1. The molecule has 2 unspecified atom stereocenters. The third kappa shape index (κ3) is 4.54. The first-order valence-corrected chi connectivity index (χ1v) is 11.1. The molecule has 0 bridgehead atoms. The van der Waals surface area contributed by atoms with Gasteiger partial charge in [0.05, 0.1) is 0 Å².